The number of nitrogens with zero attached hydrogens (tertiary/aromatic N) is 1. The lowest BCUT2D eigenvalue weighted by Crippen LogP contribution is -2.44. The third-order valence-corrected chi connectivity index (χ3v) is 7.70. The highest BCUT2D eigenvalue weighted by Gasteiger charge is 2.29. The number of anilines is 2. The molecule has 0 spiro atoms. The van der Waals surface area contributed by atoms with Gasteiger partial charge in [0.25, 0.3) is 5.91 Å². The van der Waals surface area contributed by atoms with Gasteiger partial charge in [-0.05, 0) is 31.0 Å². The lowest BCUT2D eigenvalue weighted by atomic mass is 10.0. The van der Waals surface area contributed by atoms with Crippen LogP contribution in [-0.2, 0) is 20.1 Å². The molecule has 8 heteroatoms. The second-order valence-corrected chi connectivity index (χ2v) is 9.89. The van der Waals surface area contributed by atoms with Crippen molar-refractivity contribution >= 4 is 51.9 Å². The van der Waals surface area contributed by atoms with Gasteiger partial charge in [-0.1, -0.05) is 49.6 Å². The van der Waals surface area contributed by atoms with Crippen LogP contribution in [0.4, 0.5) is 11.4 Å². The van der Waals surface area contributed by atoms with E-state index in [2.05, 4.69) is 5.32 Å². The highest BCUT2D eigenvalue weighted by atomic mass is 32.2. The van der Waals surface area contributed by atoms with Crippen LogP contribution in [0.1, 0.15) is 48.2 Å². The molecule has 34 heavy (non-hydrogen) atoms. The number of thioether (sulfide) groups is 1. The van der Waals surface area contributed by atoms with Crippen molar-refractivity contribution in [3.05, 3.63) is 59.9 Å². The molecule has 0 unspecified atom stereocenters. The summed E-state index contributed by atoms with van der Waals surface area (Å²) in [5.41, 5.74) is 2.57. The molecular weight excluding hydrogens is 452 g/mol. The molecule has 2 amide bonds. The molecule has 176 valence electrons. The first-order chi connectivity index (χ1) is 16.6. The molecule has 2 heterocycles. The number of benzene rings is 2. The van der Waals surface area contributed by atoms with E-state index in [1.807, 2.05) is 36.0 Å². The first-order valence-corrected chi connectivity index (χ1v) is 12.6. The number of esters is 1. The number of hydrogen-bond donors (Lipinski definition) is 1. The SMILES string of the molecule is O=C1CN(C(=O)COC(=O)c2oc3ccccc3c2CSC2CCCCC2)c2ccccc2N1. The Morgan fingerprint density at radius 2 is 1.82 bits per heavy atom. The smallest absolute Gasteiger partial charge is 0.375 e. The molecule has 1 N–H and O–H groups in total. The maximum atomic E-state index is 13.0. The van der Waals surface area contributed by atoms with Gasteiger partial charge in [0, 0.05) is 22.0 Å². The molecule has 2 aromatic carbocycles. The third-order valence-electron chi connectivity index (χ3n) is 6.30. The molecule has 1 fully saturated rings. The van der Waals surface area contributed by atoms with E-state index in [1.165, 1.54) is 37.0 Å². The summed E-state index contributed by atoms with van der Waals surface area (Å²) in [6, 6.07) is 14.6. The van der Waals surface area contributed by atoms with Crippen molar-refractivity contribution in [1.29, 1.82) is 0 Å². The number of carbonyl (C=O) groups excluding carboxylic acids is 3. The molecule has 0 radical (unpaired) electrons. The van der Waals surface area contributed by atoms with Gasteiger partial charge in [0.2, 0.25) is 11.7 Å². The standard InChI is InChI=1S/C26H26N2O5S/c29-23-14-28(21-12-6-5-11-20(21)27-23)24(30)15-32-26(31)25-19(16-34-17-8-2-1-3-9-17)18-10-4-7-13-22(18)33-25/h4-7,10-13,17H,1-3,8-9,14-16H2,(H,27,29). The molecule has 1 aromatic heterocycles. The largest absolute Gasteiger partial charge is 0.450 e. The number of rotatable bonds is 6. The zero-order valence-electron chi connectivity index (χ0n) is 18.7. The van der Waals surface area contributed by atoms with Crippen molar-refractivity contribution in [1.82, 2.24) is 0 Å². The predicted octanol–water partition coefficient (Wildman–Crippen LogP) is 5.14. The third kappa shape index (κ3) is 4.68. The van der Waals surface area contributed by atoms with Gasteiger partial charge in [-0.25, -0.2) is 4.79 Å². The Morgan fingerprint density at radius 3 is 2.68 bits per heavy atom. The number of amides is 2. The maximum absolute atomic E-state index is 13.0. The lowest BCUT2D eigenvalue weighted by molar-refractivity contribution is -0.124. The monoisotopic (exact) mass is 478 g/mol. The molecule has 0 bridgehead atoms. The second kappa shape index (κ2) is 9.93. The number of hydrogen-bond acceptors (Lipinski definition) is 6. The quantitative estimate of drug-likeness (QED) is 0.494. The zero-order valence-corrected chi connectivity index (χ0v) is 19.6. The fraction of sp³-hybridized carbons (Fsp3) is 0.346. The first kappa shape index (κ1) is 22.5. The van der Waals surface area contributed by atoms with E-state index in [-0.39, 0.29) is 18.2 Å². The number of ether oxygens (including phenoxy) is 1. The van der Waals surface area contributed by atoms with Crippen LogP contribution in [-0.4, -0.2) is 36.2 Å². The topological polar surface area (TPSA) is 88.8 Å². The van der Waals surface area contributed by atoms with Gasteiger partial charge in [0.15, 0.2) is 6.61 Å². The molecule has 2 aliphatic rings. The van der Waals surface area contributed by atoms with Crippen molar-refractivity contribution in [2.24, 2.45) is 0 Å². The number of carbonyl (C=O) groups is 3. The number of furan rings is 1. The summed E-state index contributed by atoms with van der Waals surface area (Å²) in [4.78, 5) is 39.2. The molecule has 7 nitrogen and oxygen atoms in total. The Morgan fingerprint density at radius 1 is 1.06 bits per heavy atom. The number of nitrogens with one attached hydrogen (secondary N) is 1. The fourth-order valence-corrected chi connectivity index (χ4v) is 5.92. The molecule has 0 saturated heterocycles. The van der Waals surface area contributed by atoms with E-state index >= 15 is 0 Å². The molecule has 0 atom stereocenters. The molecule has 3 aromatic rings. The minimum absolute atomic E-state index is 0.124. The fourth-order valence-electron chi connectivity index (χ4n) is 4.57. The maximum Gasteiger partial charge on any atom is 0.375 e. The highest BCUT2D eigenvalue weighted by Crippen LogP contribution is 2.35. The van der Waals surface area contributed by atoms with E-state index < -0.39 is 18.5 Å². The molecule has 1 saturated carbocycles. The van der Waals surface area contributed by atoms with Crippen LogP contribution in [0.3, 0.4) is 0 Å². The molecule has 1 aliphatic heterocycles. The zero-order chi connectivity index (χ0) is 23.5. The molecule has 5 rings (SSSR count). The van der Waals surface area contributed by atoms with Crippen molar-refractivity contribution in [2.75, 3.05) is 23.4 Å². The van der Waals surface area contributed by atoms with E-state index in [0.29, 0.717) is 28.0 Å². The summed E-state index contributed by atoms with van der Waals surface area (Å²) in [5, 5.41) is 4.22. The van der Waals surface area contributed by atoms with Crippen LogP contribution < -0.4 is 10.2 Å². The summed E-state index contributed by atoms with van der Waals surface area (Å²) >= 11 is 1.85. The number of fused-ring (bicyclic) bond motifs is 2. The van der Waals surface area contributed by atoms with Crippen molar-refractivity contribution < 1.29 is 23.5 Å². The van der Waals surface area contributed by atoms with E-state index in [9.17, 15) is 14.4 Å². The molecule has 1 aliphatic carbocycles. The average Bonchev–Trinajstić information content (AvgIpc) is 3.24. The molecular formula is C26H26N2O5S. The number of para-hydroxylation sites is 3. The summed E-state index contributed by atoms with van der Waals surface area (Å²) in [6.45, 7) is -0.603. The van der Waals surface area contributed by atoms with Gasteiger partial charge in [0.05, 0.1) is 11.4 Å². The van der Waals surface area contributed by atoms with Crippen LogP contribution in [0.15, 0.2) is 52.9 Å². The minimum Gasteiger partial charge on any atom is -0.450 e. The predicted molar refractivity (Wildman–Crippen MR) is 132 cm³/mol. The first-order valence-electron chi connectivity index (χ1n) is 11.6. The van der Waals surface area contributed by atoms with Crippen LogP contribution in [0.2, 0.25) is 0 Å². The van der Waals surface area contributed by atoms with E-state index in [1.54, 1.807) is 24.3 Å². The van der Waals surface area contributed by atoms with Crippen molar-refractivity contribution in [3.63, 3.8) is 0 Å². The van der Waals surface area contributed by atoms with Crippen LogP contribution in [0.25, 0.3) is 11.0 Å². The lowest BCUT2D eigenvalue weighted by Gasteiger charge is -2.28. The Bertz CT molecular complexity index is 1230. The average molecular weight is 479 g/mol. The highest BCUT2D eigenvalue weighted by molar-refractivity contribution is 7.99. The van der Waals surface area contributed by atoms with E-state index in [0.717, 1.165) is 10.9 Å². The van der Waals surface area contributed by atoms with Gasteiger partial charge in [-0.2, -0.15) is 11.8 Å². The van der Waals surface area contributed by atoms with Gasteiger partial charge >= 0.3 is 5.97 Å². The van der Waals surface area contributed by atoms with Crippen LogP contribution in [0.5, 0.6) is 0 Å². The summed E-state index contributed by atoms with van der Waals surface area (Å²) < 4.78 is 11.3. The van der Waals surface area contributed by atoms with Gasteiger partial charge < -0.3 is 14.5 Å². The van der Waals surface area contributed by atoms with Gasteiger partial charge in [-0.3, -0.25) is 14.5 Å². The Kier molecular flexibility index (Phi) is 6.58. The van der Waals surface area contributed by atoms with E-state index in [4.69, 9.17) is 9.15 Å². The van der Waals surface area contributed by atoms with Crippen molar-refractivity contribution in [3.8, 4) is 0 Å². The van der Waals surface area contributed by atoms with Gasteiger partial charge in [-0.15, -0.1) is 0 Å². The summed E-state index contributed by atoms with van der Waals surface area (Å²) in [7, 11) is 0. The van der Waals surface area contributed by atoms with Crippen molar-refractivity contribution in [2.45, 2.75) is 43.1 Å². The Balaban J connectivity index is 1.31. The van der Waals surface area contributed by atoms with Crippen LogP contribution in [0, 0.1) is 0 Å². The summed E-state index contributed by atoms with van der Waals surface area (Å²) in [5.74, 6) is -0.630. The Labute approximate surface area is 201 Å². The summed E-state index contributed by atoms with van der Waals surface area (Å²) in [6.07, 6.45) is 6.18. The minimum atomic E-state index is -0.668. The van der Waals surface area contributed by atoms with Gasteiger partial charge in [0.1, 0.15) is 12.1 Å². The Hall–Kier alpha value is -3.26. The van der Waals surface area contributed by atoms with Crippen LogP contribution >= 0.6 is 11.8 Å². The normalized spacial score (nSPS) is 16.2. The second-order valence-electron chi connectivity index (χ2n) is 8.60.